The average Bonchev–Trinajstić information content (AvgIpc) is 2.73. The van der Waals surface area contributed by atoms with E-state index in [-0.39, 0.29) is 17.2 Å². The summed E-state index contributed by atoms with van der Waals surface area (Å²) in [5, 5.41) is 0.375. The first kappa shape index (κ1) is 17.4. The van der Waals surface area contributed by atoms with Crippen LogP contribution in [-0.4, -0.2) is 27.5 Å². The van der Waals surface area contributed by atoms with Gasteiger partial charge in [0.05, 0.1) is 28.4 Å². The highest BCUT2D eigenvalue weighted by Gasteiger charge is 2.16. The van der Waals surface area contributed by atoms with E-state index in [9.17, 15) is 14.4 Å². The second-order valence-electron chi connectivity index (χ2n) is 6.25. The lowest BCUT2D eigenvalue weighted by molar-refractivity contribution is 0.0992. The Kier molecular flexibility index (Phi) is 4.33. The van der Waals surface area contributed by atoms with Crippen LogP contribution in [-0.2, 0) is 0 Å². The van der Waals surface area contributed by atoms with Gasteiger partial charge in [-0.05, 0) is 30.3 Å². The molecule has 2 heterocycles. The summed E-state index contributed by atoms with van der Waals surface area (Å²) in [5.74, 6) is -0.300. The van der Waals surface area contributed by atoms with Crippen molar-refractivity contribution in [2.45, 2.75) is 0 Å². The number of pyridine rings is 1. The van der Waals surface area contributed by atoms with Crippen molar-refractivity contribution in [3.8, 4) is 5.69 Å². The Bertz CT molecular complexity index is 1290. The minimum absolute atomic E-state index is 0.226. The Morgan fingerprint density at radius 1 is 1.00 bits per heavy atom. The van der Waals surface area contributed by atoms with Gasteiger partial charge in [0.1, 0.15) is 0 Å². The summed E-state index contributed by atoms with van der Waals surface area (Å²) in [6.07, 6.45) is 2.79. The highest BCUT2D eigenvalue weighted by atomic mass is 16.2. The van der Waals surface area contributed by atoms with Gasteiger partial charge in [-0.1, -0.05) is 30.3 Å². The van der Waals surface area contributed by atoms with E-state index in [0.717, 1.165) is 10.3 Å². The predicted molar refractivity (Wildman–Crippen MR) is 107 cm³/mol. The summed E-state index contributed by atoms with van der Waals surface area (Å²) in [7, 11) is 1.65. The third-order valence-corrected chi connectivity index (χ3v) is 4.48. The molecule has 0 unspecified atom stereocenters. The number of aromatic amines is 1. The molecular weight excluding hydrogens is 356 g/mol. The minimum Gasteiger partial charge on any atom is -0.311 e. The summed E-state index contributed by atoms with van der Waals surface area (Å²) in [4.78, 5) is 46.3. The van der Waals surface area contributed by atoms with Gasteiger partial charge in [0.25, 0.3) is 11.5 Å². The molecule has 4 aromatic rings. The van der Waals surface area contributed by atoms with Crippen molar-refractivity contribution in [2.24, 2.45) is 0 Å². The number of rotatable bonds is 3. The van der Waals surface area contributed by atoms with Gasteiger partial charge >= 0.3 is 5.69 Å². The summed E-state index contributed by atoms with van der Waals surface area (Å²) in [6, 6.07) is 17.4. The summed E-state index contributed by atoms with van der Waals surface area (Å²) >= 11 is 0. The molecule has 4 rings (SSSR count). The maximum atomic E-state index is 12.8. The molecule has 7 heteroatoms. The third kappa shape index (κ3) is 2.99. The molecular formula is C21H16N4O3. The zero-order valence-electron chi connectivity index (χ0n) is 15.0. The zero-order valence-corrected chi connectivity index (χ0v) is 15.0. The first-order chi connectivity index (χ1) is 13.6. The van der Waals surface area contributed by atoms with Crippen molar-refractivity contribution in [3.05, 3.63) is 99.5 Å². The number of fused-ring (bicyclic) bond motifs is 1. The molecule has 2 aromatic heterocycles. The molecule has 138 valence electrons. The van der Waals surface area contributed by atoms with Crippen molar-refractivity contribution < 1.29 is 4.79 Å². The number of aromatic nitrogens is 3. The Hall–Kier alpha value is -4.00. The van der Waals surface area contributed by atoms with Crippen LogP contribution >= 0.6 is 0 Å². The second-order valence-corrected chi connectivity index (χ2v) is 6.25. The van der Waals surface area contributed by atoms with E-state index in [4.69, 9.17) is 0 Å². The molecule has 0 aliphatic carbocycles. The van der Waals surface area contributed by atoms with E-state index >= 15 is 0 Å². The Labute approximate surface area is 159 Å². The fourth-order valence-electron chi connectivity index (χ4n) is 3.03. The molecule has 0 radical (unpaired) electrons. The van der Waals surface area contributed by atoms with Gasteiger partial charge in [-0.15, -0.1) is 0 Å². The van der Waals surface area contributed by atoms with Crippen LogP contribution in [0.3, 0.4) is 0 Å². The van der Waals surface area contributed by atoms with Crippen LogP contribution < -0.4 is 16.1 Å². The average molecular weight is 372 g/mol. The minimum atomic E-state index is -0.591. The maximum absolute atomic E-state index is 12.8. The number of para-hydroxylation sites is 2. The number of carbonyl (C=O) groups excluding carboxylic acids is 1. The first-order valence-corrected chi connectivity index (χ1v) is 8.59. The quantitative estimate of drug-likeness (QED) is 0.598. The molecule has 0 aliphatic rings. The second kappa shape index (κ2) is 6.96. The highest BCUT2D eigenvalue weighted by molar-refractivity contribution is 6.05. The van der Waals surface area contributed by atoms with Gasteiger partial charge in [-0.25, -0.2) is 9.36 Å². The molecule has 0 fully saturated rings. The SMILES string of the molecule is CN(C(=O)c1cncc(-n2c(=O)[nH]c3ccccc3c2=O)c1)c1ccccc1. The van der Waals surface area contributed by atoms with Crippen LogP contribution in [0.4, 0.5) is 5.69 Å². The maximum Gasteiger partial charge on any atom is 0.333 e. The molecule has 0 atom stereocenters. The number of carbonyl (C=O) groups is 1. The normalized spacial score (nSPS) is 10.8. The summed E-state index contributed by atoms with van der Waals surface area (Å²) < 4.78 is 0.981. The molecule has 28 heavy (non-hydrogen) atoms. The molecule has 0 aliphatic heterocycles. The Morgan fingerprint density at radius 2 is 1.71 bits per heavy atom. The summed E-state index contributed by atoms with van der Waals surface area (Å²) in [5.41, 5.74) is 0.609. The van der Waals surface area contributed by atoms with Crippen LogP contribution in [0.1, 0.15) is 10.4 Å². The first-order valence-electron chi connectivity index (χ1n) is 8.59. The molecule has 2 aromatic carbocycles. The van der Waals surface area contributed by atoms with Crippen LogP contribution in [0.2, 0.25) is 0 Å². The molecule has 0 saturated heterocycles. The number of hydrogen-bond acceptors (Lipinski definition) is 4. The number of benzene rings is 2. The molecule has 1 N–H and O–H groups in total. The zero-order chi connectivity index (χ0) is 19.7. The largest absolute Gasteiger partial charge is 0.333 e. The number of hydrogen-bond donors (Lipinski definition) is 1. The highest BCUT2D eigenvalue weighted by Crippen LogP contribution is 2.16. The molecule has 0 saturated carbocycles. The third-order valence-electron chi connectivity index (χ3n) is 4.48. The lowest BCUT2D eigenvalue weighted by atomic mass is 10.2. The predicted octanol–water partition coefficient (Wildman–Crippen LogP) is 2.35. The Balaban J connectivity index is 1.80. The van der Waals surface area contributed by atoms with Gasteiger partial charge < -0.3 is 9.88 Å². The summed E-state index contributed by atoms with van der Waals surface area (Å²) in [6.45, 7) is 0. The Morgan fingerprint density at radius 3 is 2.50 bits per heavy atom. The van der Waals surface area contributed by atoms with Gasteiger partial charge in [0.15, 0.2) is 0 Å². The van der Waals surface area contributed by atoms with Crippen molar-refractivity contribution in [2.75, 3.05) is 11.9 Å². The number of nitrogens with zero attached hydrogens (tertiary/aromatic N) is 3. The molecule has 0 spiro atoms. The topological polar surface area (TPSA) is 88.1 Å². The van der Waals surface area contributed by atoms with Crippen molar-refractivity contribution >= 4 is 22.5 Å². The van der Waals surface area contributed by atoms with Crippen LogP contribution in [0.5, 0.6) is 0 Å². The van der Waals surface area contributed by atoms with E-state index in [0.29, 0.717) is 10.9 Å². The standard InChI is InChI=1S/C21H16N4O3/c1-24(15-7-3-2-4-8-15)19(26)14-11-16(13-22-12-14)25-20(27)17-9-5-6-10-18(17)23-21(25)28/h2-13H,1H3,(H,23,28). The fourth-order valence-corrected chi connectivity index (χ4v) is 3.03. The van der Waals surface area contributed by atoms with Gasteiger partial charge in [-0.3, -0.25) is 14.6 Å². The van der Waals surface area contributed by atoms with Crippen molar-refractivity contribution in [1.82, 2.24) is 14.5 Å². The van der Waals surface area contributed by atoms with E-state index in [1.807, 2.05) is 30.3 Å². The molecule has 7 nitrogen and oxygen atoms in total. The van der Waals surface area contributed by atoms with E-state index in [1.165, 1.54) is 23.4 Å². The van der Waals surface area contributed by atoms with E-state index < -0.39 is 11.2 Å². The molecule has 0 bridgehead atoms. The number of amides is 1. The van der Waals surface area contributed by atoms with Crippen molar-refractivity contribution in [1.29, 1.82) is 0 Å². The monoisotopic (exact) mass is 372 g/mol. The number of H-pyrrole nitrogens is 1. The van der Waals surface area contributed by atoms with Gasteiger partial charge in [0.2, 0.25) is 0 Å². The number of nitrogens with one attached hydrogen (secondary N) is 1. The smallest absolute Gasteiger partial charge is 0.311 e. The van der Waals surface area contributed by atoms with Gasteiger partial charge in [-0.2, -0.15) is 0 Å². The van der Waals surface area contributed by atoms with E-state index in [1.54, 1.807) is 31.3 Å². The van der Waals surface area contributed by atoms with Crippen LogP contribution in [0.25, 0.3) is 16.6 Å². The molecule has 1 amide bonds. The van der Waals surface area contributed by atoms with E-state index in [2.05, 4.69) is 9.97 Å². The van der Waals surface area contributed by atoms with Crippen molar-refractivity contribution in [3.63, 3.8) is 0 Å². The lowest BCUT2D eigenvalue weighted by Gasteiger charge is -2.17. The van der Waals surface area contributed by atoms with Crippen LogP contribution in [0.15, 0.2) is 82.6 Å². The lowest BCUT2D eigenvalue weighted by Crippen LogP contribution is -2.34. The van der Waals surface area contributed by atoms with Gasteiger partial charge in [0, 0.05) is 18.9 Å². The fraction of sp³-hybridized carbons (Fsp3) is 0.0476. The number of anilines is 1. The van der Waals surface area contributed by atoms with Crippen LogP contribution in [0, 0.1) is 0 Å².